The van der Waals surface area contributed by atoms with Crippen LogP contribution in [0.1, 0.15) is 65.2 Å². The second kappa shape index (κ2) is 26.5. The van der Waals surface area contributed by atoms with Gasteiger partial charge in [0.15, 0.2) is 5.82 Å². The number of carboxylic acids is 1. The topological polar surface area (TPSA) is 283 Å². The number of nitrogens with one attached hydrogen (secondary N) is 5. The molecule has 8 rings (SSSR count). The number of nitrogens with zero attached hydrogens (tertiary/aromatic N) is 9. The van der Waals surface area contributed by atoms with Gasteiger partial charge >= 0.3 is 5.97 Å². The molecule has 6 aromatic rings. The number of anilines is 8. The number of aromatic carboxylic acids is 1. The van der Waals surface area contributed by atoms with E-state index in [2.05, 4.69) is 52.6 Å². The summed E-state index contributed by atoms with van der Waals surface area (Å²) in [5, 5.41) is 60.8. The monoisotopic (exact) mass is 976 g/mol. The van der Waals surface area contributed by atoms with Gasteiger partial charge in [-0.25, -0.2) is 14.8 Å². The summed E-state index contributed by atoms with van der Waals surface area (Å²) >= 11 is 0. The molecule has 0 aliphatic carbocycles. The Hall–Kier alpha value is -9.50. The van der Waals surface area contributed by atoms with E-state index in [1.54, 1.807) is 65.6 Å². The van der Waals surface area contributed by atoms with E-state index in [4.69, 9.17) is 30.5 Å². The third kappa shape index (κ3) is 15.2. The number of benzene rings is 4. The molecule has 2 saturated heterocycles. The Morgan fingerprint density at radius 2 is 1.03 bits per heavy atom. The molecule has 73 heavy (non-hydrogen) atoms. The van der Waals surface area contributed by atoms with E-state index in [0.29, 0.717) is 66.1 Å². The first-order valence-corrected chi connectivity index (χ1v) is 23.0. The summed E-state index contributed by atoms with van der Waals surface area (Å²) < 4.78 is 10.4. The smallest absolute Gasteiger partial charge is 0.341 e. The molecular formula is C54H52N14O5. The maximum atomic E-state index is 13.4. The lowest BCUT2D eigenvalue weighted by Gasteiger charge is -2.27. The lowest BCUT2D eigenvalue weighted by atomic mass is 10.0. The van der Waals surface area contributed by atoms with Crippen LogP contribution in [0.25, 0.3) is 12.2 Å². The Kier molecular flexibility index (Phi) is 19.2. The molecule has 6 N–H and O–H groups in total. The molecule has 368 valence electrons. The molecule has 0 unspecified atom stereocenters. The van der Waals surface area contributed by atoms with Gasteiger partial charge in [0, 0.05) is 73.5 Å². The summed E-state index contributed by atoms with van der Waals surface area (Å²) in [6, 6.07) is 29.5. The minimum Gasteiger partial charge on any atom is -0.477 e. The van der Waals surface area contributed by atoms with Crippen molar-refractivity contribution in [2.24, 2.45) is 0 Å². The van der Waals surface area contributed by atoms with Crippen molar-refractivity contribution in [3.05, 3.63) is 153 Å². The fourth-order valence-electron chi connectivity index (χ4n) is 7.44. The highest BCUT2D eigenvalue weighted by Gasteiger charge is 2.24. The average molecular weight is 977 g/mol. The summed E-state index contributed by atoms with van der Waals surface area (Å²) in [4.78, 5) is 44.2. The zero-order valence-corrected chi connectivity index (χ0v) is 40.7. The van der Waals surface area contributed by atoms with Gasteiger partial charge in [0.05, 0.1) is 61.8 Å². The summed E-state index contributed by atoms with van der Waals surface area (Å²) in [5.41, 5.74) is 9.68. The quantitative estimate of drug-likeness (QED) is 0.0625. The van der Waals surface area contributed by atoms with Crippen LogP contribution in [0, 0.1) is 73.0 Å². The van der Waals surface area contributed by atoms with Crippen LogP contribution in [-0.4, -0.2) is 94.4 Å². The first-order valence-electron chi connectivity index (χ1n) is 23.0. The van der Waals surface area contributed by atoms with Crippen LogP contribution >= 0.6 is 0 Å². The first-order chi connectivity index (χ1) is 35.4. The number of carbonyl (C=O) groups excluding carboxylic acids is 1. The van der Waals surface area contributed by atoms with E-state index in [1.807, 2.05) is 70.2 Å². The van der Waals surface area contributed by atoms with E-state index in [-0.39, 0.29) is 23.2 Å². The van der Waals surface area contributed by atoms with Gasteiger partial charge in [-0.2, -0.15) is 31.0 Å². The Morgan fingerprint density at radius 1 is 0.616 bits per heavy atom. The molecule has 4 heterocycles. The maximum Gasteiger partial charge on any atom is 0.341 e. The number of rotatable bonds is 12. The number of amides is 1. The second-order valence-electron chi connectivity index (χ2n) is 16.3. The number of hydrogen-bond acceptors (Lipinski definition) is 17. The molecule has 0 spiro atoms. The number of ether oxygens (including phenoxy) is 2. The molecule has 19 heteroatoms. The molecular weight excluding hydrogens is 925 g/mol. The second-order valence-corrected chi connectivity index (χ2v) is 16.3. The minimum atomic E-state index is -1.16. The van der Waals surface area contributed by atoms with Crippen LogP contribution in [0.3, 0.4) is 0 Å². The molecule has 0 bridgehead atoms. The summed E-state index contributed by atoms with van der Waals surface area (Å²) in [7, 11) is 0. The van der Waals surface area contributed by atoms with E-state index in [1.165, 1.54) is 24.5 Å². The van der Waals surface area contributed by atoms with Crippen LogP contribution in [0.5, 0.6) is 0 Å². The maximum absolute atomic E-state index is 13.4. The summed E-state index contributed by atoms with van der Waals surface area (Å²) in [6.07, 6.45) is 9.05. The van der Waals surface area contributed by atoms with Gasteiger partial charge in [-0.15, -0.1) is 0 Å². The van der Waals surface area contributed by atoms with Crippen molar-refractivity contribution >= 4 is 70.3 Å². The number of hydrogen-bond donors (Lipinski definition) is 6. The first kappa shape index (κ1) is 52.9. The van der Waals surface area contributed by atoms with Crippen LogP contribution in [0.15, 0.2) is 97.3 Å². The van der Waals surface area contributed by atoms with Crippen LogP contribution in [-0.2, 0) is 9.47 Å². The van der Waals surface area contributed by atoms with Gasteiger partial charge in [0.25, 0.3) is 5.91 Å². The van der Waals surface area contributed by atoms with Crippen molar-refractivity contribution in [3.63, 3.8) is 0 Å². The molecule has 1 amide bonds. The molecule has 19 nitrogen and oxygen atoms in total. The predicted molar refractivity (Wildman–Crippen MR) is 278 cm³/mol. The fraction of sp³-hybridized carbons (Fsp3) is 0.222. The number of aromatic nitrogens is 4. The third-order valence-corrected chi connectivity index (χ3v) is 11.0. The zero-order chi connectivity index (χ0) is 52.1. The van der Waals surface area contributed by atoms with Crippen molar-refractivity contribution in [2.45, 2.75) is 27.7 Å². The lowest BCUT2D eigenvalue weighted by Crippen LogP contribution is -2.41. The molecule has 0 radical (unpaired) electrons. The molecule has 4 aromatic carbocycles. The molecule has 2 aromatic heterocycles. The van der Waals surface area contributed by atoms with Gasteiger partial charge < -0.3 is 46.1 Å². The highest BCUT2D eigenvalue weighted by molar-refractivity contribution is 5.99. The van der Waals surface area contributed by atoms with Crippen molar-refractivity contribution in [1.29, 1.82) is 21.0 Å². The average Bonchev–Trinajstić information content (AvgIpc) is 3.41. The van der Waals surface area contributed by atoms with Gasteiger partial charge in [-0.3, -0.25) is 4.79 Å². The molecule has 0 saturated carbocycles. The zero-order valence-electron chi connectivity index (χ0n) is 40.7. The van der Waals surface area contributed by atoms with Crippen LogP contribution < -0.4 is 26.6 Å². The van der Waals surface area contributed by atoms with Crippen molar-refractivity contribution < 1.29 is 24.2 Å². The number of carboxylic acid groups (broad SMARTS) is 1. The van der Waals surface area contributed by atoms with E-state index >= 15 is 0 Å². The van der Waals surface area contributed by atoms with Crippen molar-refractivity contribution in [1.82, 2.24) is 30.2 Å². The van der Waals surface area contributed by atoms with Crippen LogP contribution in [0.4, 0.5) is 46.3 Å². The third-order valence-electron chi connectivity index (χ3n) is 11.0. The van der Waals surface area contributed by atoms with Gasteiger partial charge in [-0.05, 0) is 146 Å². The summed E-state index contributed by atoms with van der Waals surface area (Å²) in [6.45, 7) is 13.5. The van der Waals surface area contributed by atoms with Crippen molar-refractivity contribution in [3.8, 4) is 24.3 Å². The minimum absolute atomic E-state index is 0.0716. The Balaban J connectivity index is 0.000000215. The van der Waals surface area contributed by atoms with Gasteiger partial charge in [-0.1, -0.05) is 0 Å². The Labute approximate surface area is 423 Å². The highest BCUT2D eigenvalue weighted by Crippen LogP contribution is 2.31. The Morgan fingerprint density at radius 3 is 1.40 bits per heavy atom. The molecule has 2 aliphatic rings. The highest BCUT2D eigenvalue weighted by atomic mass is 16.5. The SMILES string of the molecule is C1COCCN1.Cc1cc(/C=C/C#N)cc(C)c1Nc1nc(Nc2ccc(C#N)cc2)ncc1C(=O)N1CCOCC1.Cc1cc(/C=C/C#N)cc(C)c1Nc1nc(Nc2ccc(C#N)cc2)ncc1C(=O)O. The normalized spacial score (nSPS) is 12.8. The summed E-state index contributed by atoms with van der Waals surface area (Å²) in [5.74, 6) is -0.286. The molecule has 2 aliphatic heterocycles. The van der Waals surface area contributed by atoms with Gasteiger partial charge in [0.2, 0.25) is 11.9 Å². The Bertz CT molecular complexity index is 3100. The van der Waals surface area contributed by atoms with Crippen molar-refractivity contribution in [2.75, 3.05) is 73.9 Å². The number of aryl methyl sites for hydroxylation is 4. The van der Waals surface area contributed by atoms with E-state index in [9.17, 15) is 14.7 Å². The lowest BCUT2D eigenvalue weighted by molar-refractivity contribution is 0.0303. The molecule has 2 fully saturated rings. The number of morpholine rings is 2. The predicted octanol–water partition coefficient (Wildman–Crippen LogP) is 8.76. The number of nitriles is 4. The van der Waals surface area contributed by atoms with E-state index < -0.39 is 5.97 Å². The van der Waals surface area contributed by atoms with Gasteiger partial charge in [0.1, 0.15) is 16.9 Å². The number of carbonyl (C=O) groups is 2. The van der Waals surface area contributed by atoms with Crippen LogP contribution in [0.2, 0.25) is 0 Å². The van der Waals surface area contributed by atoms with E-state index in [0.717, 1.165) is 71.1 Å². The largest absolute Gasteiger partial charge is 0.477 e. The standard InChI is InChI=1S/C27H25N7O2.C23H18N6O2.C4H9NO/c1-18-14-21(4-3-9-28)15-19(2)24(18)32-25-23(26(35)34-10-12-36-13-11-34)17-30-27(33-25)31-22-7-5-20(16-29)6-8-22;1-14-10-17(4-3-9-24)11-15(2)20(14)28-21-19(22(30)31)13-26-23(29-21)27-18-7-5-16(12-25)6-8-18;1-3-6-4-2-5-1/h3-8,14-15,17H,10-13H2,1-2H3,(H2,30,31,32,33);3-8,10-11,13H,1-2H3,(H,30,31)(H2,26,27,28,29);5H,1-4H2/b2*4-3+;. The molecule has 0 atom stereocenters. The number of allylic oxidation sites excluding steroid dienone is 2. The fourth-order valence-corrected chi connectivity index (χ4v) is 7.44.